The van der Waals surface area contributed by atoms with Crippen LogP contribution in [0.5, 0.6) is 5.75 Å². The Bertz CT molecular complexity index is 667. The summed E-state index contributed by atoms with van der Waals surface area (Å²) in [5.74, 6) is 1.67. The monoisotopic (exact) mass is 355 g/mol. The Balaban J connectivity index is 1.57. The molecule has 0 aromatic heterocycles. The molecule has 5 nitrogen and oxygen atoms in total. The summed E-state index contributed by atoms with van der Waals surface area (Å²) in [5.41, 5.74) is 3.65. The average Bonchev–Trinajstić information content (AvgIpc) is 2.68. The molecule has 0 aliphatic rings. The first-order chi connectivity index (χ1) is 12.7. The molecule has 2 aromatic carbocycles. The summed E-state index contributed by atoms with van der Waals surface area (Å²) in [6.07, 6.45) is 0.918. The minimum atomic E-state index is 0.615. The van der Waals surface area contributed by atoms with Crippen molar-refractivity contribution in [2.24, 2.45) is 4.99 Å². The van der Waals surface area contributed by atoms with Crippen LogP contribution in [0, 0.1) is 6.92 Å². The highest BCUT2D eigenvalue weighted by atomic mass is 16.5. The van der Waals surface area contributed by atoms with Crippen LogP contribution in [0.15, 0.2) is 53.5 Å². The van der Waals surface area contributed by atoms with Gasteiger partial charge >= 0.3 is 0 Å². The number of guanidine groups is 1. The molecular formula is C21H29N3O2. The van der Waals surface area contributed by atoms with Crippen LogP contribution in [0.1, 0.15) is 23.1 Å². The van der Waals surface area contributed by atoms with Crippen LogP contribution < -0.4 is 15.4 Å². The number of ether oxygens (including phenoxy) is 2. The molecule has 0 aliphatic heterocycles. The molecule has 26 heavy (non-hydrogen) atoms. The highest BCUT2D eigenvalue weighted by Gasteiger charge is 1.99. The summed E-state index contributed by atoms with van der Waals surface area (Å²) >= 11 is 0. The molecule has 140 valence electrons. The molecule has 5 heteroatoms. The SMILES string of the molecule is CN=C(NCCCOCc1ccc(OC)cc1)NCc1ccc(C)cc1. The zero-order valence-electron chi connectivity index (χ0n) is 15.9. The van der Waals surface area contributed by atoms with Gasteiger partial charge in [-0.1, -0.05) is 42.0 Å². The Morgan fingerprint density at radius 3 is 2.31 bits per heavy atom. The van der Waals surface area contributed by atoms with Gasteiger partial charge in [-0.3, -0.25) is 4.99 Å². The minimum absolute atomic E-state index is 0.615. The smallest absolute Gasteiger partial charge is 0.191 e. The zero-order chi connectivity index (χ0) is 18.6. The van der Waals surface area contributed by atoms with Gasteiger partial charge in [-0.2, -0.15) is 0 Å². The lowest BCUT2D eigenvalue weighted by Crippen LogP contribution is -2.37. The van der Waals surface area contributed by atoms with E-state index in [9.17, 15) is 0 Å². The van der Waals surface area contributed by atoms with Gasteiger partial charge in [-0.05, 0) is 36.6 Å². The third-order valence-electron chi connectivity index (χ3n) is 3.99. The van der Waals surface area contributed by atoms with Crippen LogP contribution in [0.25, 0.3) is 0 Å². The first-order valence-corrected chi connectivity index (χ1v) is 8.92. The van der Waals surface area contributed by atoms with E-state index in [1.54, 1.807) is 14.2 Å². The summed E-state index contributed by atoms with van der Waals surface area (Å²) in [6, 6.07) is 16.4. The van der Waals surface area contributed by atoms with Gasteiger partial charge in [0.2, 0.25) is 0 Å². The fourth-order valence-corrected chi connectivity index (χ4v) is 2.41. The van der Waals surface area contributed by atoms with Crippen LogP contribution in [-0.2, 0) is 17.9 Å². The lowest BCUT2D eigenvalue weighted by molar-refractivity contribution is 0.119. The summed E-state index contributed by atoms with van der Waals surface area (Å²) < 4.78 is 10.9. The normalized spacial score (nSPS) is 11.3. The van der Waals surface area contributed by atoms with Crippen molar-refractivity contribution in [1.29, 1.82) is 0 Å². The van der Waals surface area contributed by atoms with Crippen molar-refractivity contribution >= 4 is 5.96 Å². The van der Waals surface area contributed by atoms with E-state index in [0.717, 1.165) is 36.8 Å². The molecular weight excluding hydrogens is 326 g/mol. The van der Waals surface area contributed by atoms with Crippen molar-refractivity contribution in [1.82, 2.24) is 10.6 Å². The maximum Gasteiger partial charge on any atom is 0.191 e. The number of benzene rings is 2. The standard InChI is InChI=1S/C21H29N3O2/c1-17-5-7-18(8-6-17)15-24-21(22-2)23-13-4-14-26-16-19-9-11-20(25-3)12-10-19/h5-12H,4,13-16H2,1-3H3,(H2,22,23,24). The Labute approximate surface area is 156 Å². The predicted molar refractivity (Wildman–Crippen MR) is 107 cm³/mol. The fourth-order valence-electron chi connectivity index (χ4n) is 2.41. The van der Waals surface area contributed by atoms with Gasteiger partial charge in [-0.15, -0.1) is 0 Å². The fraction of sp³-hybridized carbons (Fsp3) is 0.381. The van der Waals surface area contributed by atoms with E-state index in [0.29, 0.717) is 13.2 Å². The van der Waals surface area contributed by atoms with Crippen LogP contribution in [0.2, 0.25) is 0 Å². The number of aliphatic imine (C=N–C) groups is 1. The first kappa shape index (κ1) is 19.8. The number of nitrogens with zero attached hydrogens (tertiary/aromatic N) is 1. The Morgan fingerprint density at radius 2 is 1.65 bits per heavy atom. The highest BCUT2D eigenvalue weighted by molar-refractivity contribution is 5.79. The van der Waals surface area contributed by atoms with E-state index in [1.807, 2.05) is 24.3 Å². The van der Waals surface area contributed by atoms with Gasteiger partial charge < -0.3 is 20.1 Å². The second-order valence-electron chi connectivity index (χ2n) is 6.09. The van der Waals surface area contributed by atoms with Crippen molar-refractivity contribution in [2.45, 2.75) is 26.5 Å². The molecule has 0 amide bonds. The van der Waals surface area contributed by atoms with E-state index < -0.39 is 0 Å². The zero-order valence-corrected chi connectivity index (χ0v) is 15.9. The second kappa shape index (κ2) is 11.2. The number of rotatable bonds is 9. The van der Waals surface area contributed by atoms with Crippen LogP contribution in [0.4, 0.5) is 0 Å². The molecule has 0 bridgehead atoms. The largest absolute Gasteiger partial charge is 0.497 e. The summed E-state index contributed by atoms with van der Waals surface area (Å²) in [4.78, 5) is 4.24. The van der Waals surface area contributed by atoms with Crippen LogP contribution >= 0.6 is 0 Å². The van der Waals surface area contributed by atoms with E-state index in [-0.39, 0.29) is 0 Å². The van der Waals surface area contributed by atoms with Gasteiger partial charge in [-0.25, -0.2) is 0 Å². The lowest BCUT2D eigenvalue weighted by atomic mass is 10.1. The van der Waals surface area contributed by atoms with Gasteiger partial charge in [0.15, 0.2) is 5.96 Å². The third-order valence-corrected chi connectivity index (χ3v) is 3.99. The van der Waals surface area contributed by atoms with Crippen molar-refractivity contribution in [2.75, 3.05) is 27.3 Å². The molecule has 0 atom stereocenters. The number of hydrogen-bond acceptors (Lipinski definition) is 3. The lowest BCUT2D eigenvalue weighted by Gasteiger charge is -2.12. The summed E-state index contributed by atoms with van der Waals surface area (Å²) in [7, 11) is 3.45. The quantitative estimate of drug-likeness (QED) is 0.412. The molecule has 0 fully saturated rings. The summed E-state index contributed by atoms with van der Waals surface area (Å²) in [6.45, 7) is 4.98. The molecule has 0 aliphatic carbocycles. The topological polar surface area (TPSA) is 54.9 Å². The van der Waals surface area contributed by atoms with E-state index in [4.69, 9.17) is 9.47 Å². The Hall–Kier alpha value is -2.53. The van der Waals surface area contributed by atoms with E-state index >= 15 is 0 Å². The van der Waals surface area contributed by atoms with Crippen LogP contribution in [0.3, 0.4) is 0 Å². The van der Waals surface area contributed by atoms with E-state index in [2.05, 4.69) is 46.8 Å². The summed E-state index contributed by atoms with van der Waals surface area (Å²) in [5, 5.41) is 6.63. The van der Waals surface area contributed by atoms with Crippen molar-refractivity contribution < 1.29 is 9.47 Å². The molecule has 0 radical (unpaired) electrons. The number of methoxy groups -OCH3 is 1. The molecule has 2 N–H and O–H groups in total. The molecule has 2 aromatic rings. The molecule has 0 heterocycles. The van der Waals surface area contributed by atoms with Gasteiger partial charge in [0.05, 0.1) is 13.7 Å². The van der Waals surface area contributed by atoms with Gasteiger partial charge in [0.1, 0.15) is 5.75 Å². The van der Waals surface area contributed by atoms with Crippen molar-refractivity contribution in [3.05, 3.63) is 65.2 Å². The number of hydrogen-bond donors (Lipinski definition) is 2. The molecule has 0 spiro atoms. The Kier molecular flexibility index (Phi) is 8.49. The maximum atomic E-state index is 5.71. The average molecular weight is 355 g/mol. The highest BCUT2D eigenvalue weighted by Crippen LogP contribution is 2.11. The Morgan fingerprint density at radius 1 is 0.962 bits per heavy atom. The number of aryl methyl sites for hydroxylation is 1. The van der Waals surface area contributed by atoms with Crippen molar-refractivity contribution in [3.63, 3.8) is 0 Å². The maximum absolute atomic E-state index is 5.71. The molecule has 0 saturated carbocycles. The minimum Gasteiger partial charge on any atom is -0.497 e. The van der Waals surface area contributed by atoms with Gasteiger partial charge in [0, 0.05) is 26.7 Å². The third kappa shape index (κ3) is 7.15. The first-order valence-electron chi connectivity index (χ1n) is 8.92. The predicted octanol–water partition coefficient (Wildman–Crippen LogP) is 3.28. The van der Waals surface area contributed by atoms with Crippen LogP contribution in [-0.4, -0.2) is 33.3 Å². The van der Waals surface area contributed by atoms with Crippen molar-refractivity contribution in [3.8, 4) is 5.75 Å². The molecule has 0 saturated heterocycles. The molecule has 0 unspecified atom stereocenters. The second-order valence-corrected chi connectivity index (χ2v) is 6.09. The number of nitrogens with one attached hydrogen (secondary N) is 2. The van der Waals surface area contributed by atoms with Gasteiger partial charge in [0.25, 0.3) is 0 Å². The van der Waals surface area contributed by atoms with E-state index in [1.165, 1.54) is 11.1 Å². The molecule has 2 rings (SSSR count).